The van der Waals surface area contributed by atoms with E-state index in [-0.39, 0.29) is 17.7 Å². The van der Waals surface area contributed by atoms with Crippen LogP contribution in [0.5, 0.6) is 0 Å². The highest BCUT2D eigenvalue weighted by atomic mass is 16.2. The van der Waals surface area contributed by atoms with Gasteiger partial charge in [-0.2, -0.15) is 5.10 Å². The van der Waals surface area contributed by atoms with Gasteiger partial charge >= 0.3 is 0 Å². The summed E-state index contributed by atoms with van der Waals surface area (Å²) < 4.78 is 1.72. The van der Waals surface area contributed by atoms with Crippen molar-refractivity contribution in [3.8, 4) is 5.69 Å². The molecule has 0 spiro atoms. The van der Waals surface area contributed by atoms with Crippen molar-refractivity contribution in [2.24, 2.45) is 11.7 Å². The van der Waals surface area contributed by atoms with Gasteiger partial charge in [0, 0.05) is 25.2 Å². The first kappa shape index (κ1) is 15.3. The molecule has 1 aliphatic heterocycles. The highest BCUT2D eigenvalue weighted by Gasteiger charge is 2.28. The first-order valence-electron chi connectivity index (χ1n) is 7.76. The average molecular weight is 312 g/mol. The lowest BCUT2D eigenvalue weighted by atomic mass is 9.96. The van der Waals surface area contributed by atoms with Gasteiger partial charge in [0.1, 0.15) is 0 Å². The Balaban J connectivity index is 1.76. The van der Waals surface area contributed by atoms with Crippen LogP contribution < -0.4 is 5.73 Å². The summed E-state index contributed by atoms with van der Waals surface area (Å²) in [5, 5.41) is 4.44. The number of carbonyl (C=O) groups excluding carboxylic acids is 2. The highest BCUT2D eigenvalue weighted by molar-refractivity contribution is 5.95. The van der Waals surface area contributed by atoms with Gasteiger partial charge in [0.2, 0.25) is 5.91 Å². The number of amides is 2. The summed E-state index contributed by atoms with van der Waals surface area (Å²) in [5.41, 5.74) is 7.56. The second-order valence-electron chi connectivity index (χ2n) is 5.88. The molecule has 2 amide bonds. The molecule has 1 aromatic heterocycles. The van der Waals surface area contributed by atoms with Crippen molar-refractivity contribution in [3.05, 3.63) is 47.8 Å². The SMILES string of the molecule is Cc1nn(-c2ccccc2)cc1C(=O)N1CCC(C(N)=O)CC1. The minimum atomic E-state index is -0.273. The molecule has 2 heterocycles. The van der Waals surface area contributed by atoms with Gasteiger partial charge in [-0.1, -0.05) is 18.2 Å². The molecule has 23 heavy (non-hydrogen) atoms. The van der Waals surface area contributed by atoms with Crippen molar-refractivity contribution in [1.29, 1.82) is 0 Å². The molecule has 3 rings (SSSR count). The molecule has 0 bridgehead atoms. The number of hydrogen-bond donors (Lipinski definition) is 1. The van der Waals surface area contributed by atoms with E-state index >= 15 is 0 Å². The number of nitrogens with zero attached hydrogens (tertiary/aromatic N) is 3. The molecule has 6 heteroatoms. The molecule has 120 valence electrons. The molecule has 1 aromatic carbocycles. The third kappa shape index (κ3) is 3.11. The van der Waals surface area contributed by atoms with E-state index in [0.717, 1.165) is 5.69 Å². The maximum atomic E-state index is 12.7. The first-order valence-corrected chi connectivity index (χ1v) is 7.76. The summed E-state index contributed by atoms with van der Waals surface area (Å²) in [7, 11) is 0. The molecule has 0 atom stereocenters. The number of likely N-dealkylation sites (tertiary alicyclic amines) is 1. The Morgan fingerprint density at radius 3 is 2.43 bits per heavy atom. The van der Waals surface area contributed by atoms with Gasteiger partial charge in [0.25, 0.3) is 5.91 Å². The topological polar surface area (TPSA) is 81.2 Å². The number of benzene rings is 1. The number of piperidine rings is 1. The van der Waals surface area contributed by atoms with Crippen LogP contribution in [0.15, 0.2) is 36.5 Å². The van der Waals surface area contributed by atoms with Gasteiger partial charge in [-0.05, 0) is 31.9 Å². The fourth-order valence-electron chi connectivity index (χ4n) is 2.92. The molecule has 1 fully saturated rings. The normalized spacial score (nSPS) is 15.6. The van der Waals surface area contributed by atoms with E-state index in [9.17, 15) is 9.59 Å². The van der Waals surface area contributed by atoms with Crippen molar-refractivity contribution in [2.75, 3.05) is 13.1 Å². The van der Waals surface area contributed by atoms with Crippen LogP contribution in [0.1, 0.15) is 28.9 Å². The number of aromatic nitrogens is 2. The van der Waals surface area contributed by atoms with E-state index in [4.69, 9.17) is 5.73 Å². The number of para-hydroxylation sites is 1. The Morgan fingerprint density at radius 2 is 1.83 bits per heavy atom. The molecule has 2 aromatic rings. The van der Waals surface area contributed by atoms with Crippen molar-refractivity contribution in [2.45, 2.75) is 19.8 Å². The number of carbonyl (C=O) groups is 2. The Hall–Kier alpha value is -2.63. The predicted molar refractivity (Wildman–Crippen MR) is 86.1 cm³/mol. The van der Waals surface area contributed by atoms with E-state index in [1.165, 1.54) is 0 Å². The van der Waals surface area contributed by atoms with Crippen LogP contribution in [0, 0.1) is 12.8 Å². The maximum Gasteiger partial charge on any atom is 0.257 e. The number of nitrogens with two attached hydrogens (primary N) is 1. The number of hydrogen-bond acceptors (Lipinski definition) is 3. The Morgan fingerprint density at radius 1 is 1.17 bits per heavy atom. The molecular weight excluding hydrogens is 292 g/mol. The zero-order chi connectivity index (χ0) is 16.4. The van der Waals surface area contributed by atoms with Gasteiger partial charge in [-0.15, -0.1) is 0 Å². The second-order valence-corrected chi connectivity index (χ2v) is 5.88. The fourth-order valence-corrected chi connectivity index (χ4v) is 2.92. The molecule has 0 unspecified atom stereocenters. The first-order chi connectivity index (χ1) is 11.1. The Bertz CT molecular complexity index is 715. The van der Waals surface area contributed by atoms with Gasteiger partial charge < -0.3 is 10.6 Å². The third-order valence-corrected chi connectivity index (χ3v) is 4.33. The summed E-state index contributed by atoms with van der Waals surface area (Å²) in [6.07, 6.45) is 3.03. The van der Waals surface area contributed by atoms with Crippen molar-refractivity contribution in [1.82, 2.24) is 14.7 Å². The van der Waals surface area contributed by atoms with E-state index < -0.39 is 0 Å². The van der Waals surface area contributed by atoms with Crippen LogP contribution in [0.3, 0.4) is 0 Å². The Labute approximate surface area is 134 Å². The van der Waals surface area contributed by atoms with Gasteiger partial charge in [0.15, 0.2) is 0 Å². The average Bonchev–Trinajstić information content (AvgIpc) is 2.97. The predicted octanol–water partition coefficient (Wildman–Crippen LogP) is 1.52. The number of aryl methyl sites for hydroxylation is 1. The third-order valence-electron chi connectivity index (χ3n) is 4.33. The minimum absolute atomic E-state index is 0.0346. The molecular formula is C17H20N4O2. The standard InChI is InChI=1S/C17H20N4O2/c1-12-15(11-21(19-12)14-5-3-2-4-6-14)17(23)20-9-7-13(8-10-20)16(18)22/h2-6,11,13H,7-10H2,1H3,(H2,18,22). The second kappa shape index (κ2) is 6.24. The fraction of sp³-hybridized carbons (Fsp3) is 0.353. The van der Waals surface area contributed by atoms with E-state index in [1.54, 1.807) is 15.8 Å². The summed E-state index contributed by atoms with van der Waals surface area (Å²) in [5.74, 6) is -0.426. The zero-order valence-electron chi connectivity index (χ0n) is 13.1. The molecule has 2 N–H and O–H groups in total. The number of primary amides is 1. The minimum Gasteiger partial charge on any atom is -0.369 e. The summed E-state index contributed by atoms with van der Waals surface area (Å²) in [4.78, 5) is 25.7. The summed E-state index contributed by atoms with van der Waals surface area (Å²) in [6, 6.07) is 9.69. The van der Waals surface area contributed by atoms with Gasteiger partial charge in [-0.25, -0.2) is 4.68 Å². The van der Waals surface area contributed by atoms with E-state index in [2.05, 4.69) is 5.10 Å². The molecule has 6 nitrogen and oxygen atoms in total. The van der Waals surface area contributed by atoms with Crippen molar-refractivity contribution < 1.29 is 9.59 Å². The van der Waals surface area contributed by atoms with Crippen molar-refractivity contribution >= 4 is 11.8 Å². The maximum absolute atomic E-state index is 12.7. The van der Waals surface area contributed by atoms with Crippen LogP contribution in [0.25, 0.3) is 5.69 Å². The quantitative estimate of drug-likeness (QED) is 0.933. The molecule has 0 aliphatic carbocycles. The van der Waals surface area contributed by atoms with Crippen LogP contribution in [0.2, 0.25) is 0 Å². The molecule has 1 saturated heterocycles. The lowest BCUT2D eigenvalue weighted by Gasteiger charge is -2.30. The molecule has 1 aliphatic rings. The summed E-state index contributed by atoms with van der Waals surface area (Å²) >= 11 is 0. The zero-order valence-corrected chi connectivity index (χ0v) is 13.1. The molecule has 0 radical (unpaired) electrons. The lowest BCUT2D eigenvalue weighted by molar-refractivity contribution is -0.123. The van der Waals surface area contributed by atoms with Crippen molar-refractivity contribution in [3.63, 3.8) is 0 Å². The summed E-state index contributed by atoms with van der Waals surface area (Å²) in [6.45, 7) is 2.95. The van der Waals surface area contributed by atoms with Gasteiger partial charge in [-0.3, -0.25) is 9.59 Å². The van der Waals surface area contributed by atoms with E-state index in [1.807, 2.05) is 37.3 Å². The van der Waals surface area contributed by atoms with Crippen LogP contribution in [0.4, 0.5) is 0 Å². The van der Waals surface area contributed by atoms with E-state index in [0.29, 0.717) is 37.2 Å². The highest BCUT2D eigenvalue weighted by Crippen LogP contribution is 2.20. The lowest BCUT2D eigenvalue weighted by Crippen LogP contribution is -2.41. The van der Waals surface area contributed by atoms with Crippen LogP contribution in [-0.4, -0.2) is 39.6 Å². The number of rotatable bonds is 3. The van der Waals surface area contributed by atoms with Gasteiger partial charge in [0.05, 0.1) is 16.9 Å². The van der Waals surface area contributed by atoms with Crippen LogP contribution in [-0.2, 0) is 4.79 Å². The molecule has 0 saturated carbocycles. The monoisotopic (exact) mass is 312 g/mol. The Kier molecular flexibility index (Phi) is 4.14. The van der Waals surface area contributed by atoms with Crippen LogP contribution >= 0.6 is 0 Å². The largest absolute Gasteiger partial charge is 0.369 e. The smallest absolute Gasteiger partial charge is 0.257 e.